The molecule has 124 valence electrons. The molecule has 5 rings (SSSR count). The minimum absolute atomic E-state index is 0. The van der Waals surface area contributed by atoms with Crippen molar-refractivity contribution in [3.05, 3.63) is 30.1 Å². The van der Waals surface area contributed by atoms with E-state index in [9.17, 15) is 9.59 Å². The van der Waals surface area contributed by atoms with E-state index in [1.807, 2.05) is 29.1 Å². The van der Waals surface area contributed by atoms with E-state index >= 15 is 0 Å². The van der Waals surface area contributed by atoms with Gasteiger partial charge in [-0.25, -0.2) is 0 Å². The summed E-state index contributed by atoms with van der Waals surface area (Å²) in [7, 11) is 0. The van der Waals surface area contributed by atoms with Gasteiger partial charge in [-0.1, -0.05) is 0 Å². The van der Waals surface area contributed by atoms with Crippen LogP contribution in [0.2, 0.25) is 0 Å². The summed E-state index contributed by atoms with van der Waals surface area (Å²) in [5, 5.41) is 0. The highest BCUT2D eigenvalue weighted by molar-refractivity contribution is 5.93. The van der Waals surface area contributed by atoms with Crippen LogP contribution >= 0.6 is 0 Å². The second kappa shape index (κ2) is 6.12. The molecular weight excluding hydrogens is 354 g/mol. The molecular formula is C19H24BrNO2. The number of carbonyl (C=O) groups excluding carboxylic acids is 2. The quantitative estimate of drug-likeness (QED) is 0.545. The molecule has 4 fully saturated rings. The summed E-state index contributed by atoms with van der Waals surface area (Å²) in [4.78, 5) is 24.5. The summed E-state index contributed by atoms with van der Waals surface area (Å²) >= 11 is 0. The molecule has 23 heavy (non-hydrogen) atoms. The van der Waals surface area contributed by atoms with Crippen molar-refractivity contribution < 1.29 is 31.1 Å². The van der Waals surface area contributed by atoms with Crippen LogP contribution in [0.4, 0.5) is 0 Å². The number of hydrogen-bond acceptors (Lipinski definition) is 2. The van der Waals surface area contributed by atoms with Gasteiger partial charge in [-0.05, 0) is 69.3 Å². The Morgan fingerprint density at radius 3 is 2.22 bits per heavy atom. The molecule has 1 heterocycles. The van der Waals surface area contributed by atoms with Crippen molar-refractivity contribution in [3.63, 3.8) is 0 Å². The summed E-state index contributed by atoms with van der Waals surface area (Å²) in [6.07, 6.45) is 11.2. The molecule has 4 heteroatoms. The Morgan fingerprint density at radius 2 is 1.70 bits per heavy atom. The van der Waals surface area contributed by atoms with E-state index in [1.54, 1.807) is 6.92 Å². The predicted octanol–water partition coefficient (Wildman–Crippen LogP) is -0.0338. The Kier molecular flexibility index (Phi) is 4.47. The fraction of sp³-hybridized carbons (Fsp3) is 0.632. The van der Waals surface area contributed by atoms with E-state index in [2.05, 4.69) is 0 Å². The lowest BCUT2D eigenvalue weighted by Crippen LogP contribution is -3.00. The number of rotatable bonds is 4. The number of pyridine rings is 1. The summed E-state index contributed by atoms with van der Waals surface area (Å²) in [5.74, 6) is 2.84. The highest BCUT2D eigenvalue weighted by Gasteiger charge is 2.54. The highest BCUT2D eigenvalue weighted by Crippen LogP contribution is 2.60. The molecule has 0 aromatic carbocycles. The van der Waals surface area contributed by atoms with Gasteiger partial charge >= 0.3 is 0 Å². The summed E-state index contributed by atoms with van der Waals surface area (Å²) in [6, 6.07) is 3.68. The van der Waals surface area contributed by atoms with E-state index in [-0.39, 0.29) is 28.2 Å². The van der Waals surface area contributed by atoms with E-state index in [4.69, 9.17) is 0 Å². The van der Waals surface area contributed by atoms with Crippen LogP contribution in [0.1, 0.15) is 55.8 Å². The average Bonchev–Trinajstić information content (AvgIpc) is 2.46. The van der Waals surface area contributed by atoms with Crippen molar-refractivity contribution in [1.82, 2.24) is 0 Å². The van der Waals surface area contributed by atoms with Crippen LogP contribution in [-0.4, -0.2) is 11.6 Å². The van der Waals surface area contributed by atoms with Crippen LogP contribution < -0.4 is 21.5 Å². The lowest BCUT2D eigenvalue weighted by Gasteiger charge is -2.55. The van der Waals surface area contributed by atoms with Crippen LogP contribution in [0.3, 0.4) is 0 Å². The Balaban J connectivity index is 0.00000156. The first-order valence-corrected chi connectivity index (χ1v) is 8.57. The third-order valence-corrected chi connectivity index (χ3v) is 6.22. The average molecular weight is 378 g/mol. The molecule has 0 radical (unpaired) electrons. The Bertz CT molecular complexity index is 605. The van der Waals surface area contributed by atoms with E-state index in [1.165, 1.54) is 19.3 Å². The Labute approximate surface area is 148 Å². The van der Waals surface area contributed by atoms with Crippen LogP contribution in [0.25, 0.3) is 0 Å². The molecule has 4 aliphatic carbocycles. The maximum absolute atomic E-state index is 13.0. The largest absolute Gasteiger partial charge is 1.00 e. The molecule has 3 nitrogen and oxygen atoms in total. The fourth-order valence-electron chi connectivity index (χ4n) is 5.61. The lowest BCUT2D eigenvalue weighted by atomic mass is 9.48. The van der Waals surface area contributed by atoms with Gasteiger partial charge in [0.05, 0.1) is 5.56 Å². The van der Waals surface area contributed by atoms with Crippen LogP contribution in [0, 0.1) is 23.2 Å². The first-order chi connectivity index (χ1) is 10.5. The lowest BCUT2D eigenvalue weighted by molar-refractivity contribution is -0.685. The zero-order chi connectivity index (χ0) is 15.3. The molecule has 0 N–H and O–H groups in total. The van der Waals surface area contributed by atoms with Crippen molar-refractivity contribution in [2.75, 3.05) is 0 Å². The molecule has 1 aromatic rings. The standard InChI is InChI=1S/C19H24NO2.BrH/c1-13(21)17-3-2-4-20(11-17)12-18(22)19-8-14-5-15(9-19)7-16(6-14)10-19;/h2-4,11,14-16H,5-10,12H2,1H3;1H/q+1;/p-1. The molecule has 4 bridgehead atoms. The minimum Gasteiger partial charge on any atom is -1.00 e. The van der Waals surface area contributed by atoms with E-state index < -0.39 is 0 Å². The minimum atomic E-state index is -0.0476. The van der Waals surface area contributed by atoms with Gasteiger partial charge in [0.1, 0.15) is 0 Å². The molecule has 0 atom stereocenters. The molecule has 1 aromatic heterocycles. The number of Topliss-reactive ketones (excluding diaryl/α,β-unsaturated/α-hetero) is 2. The van der Waals surface area contributed by atoms with Crippen LogP contribution in [0.5, 0.6) is 0 Å². The monoisotopic (exact) mass is 377 g/mol. The van der Waals surface area contributed by atoms with Crippen molar-refractivity contribution in [1.29, 1.82) is 0 Å². The van der Waals surface area contributed by atoms with E-state index in [0.717, 1.165) is 37.0 Å². The Morgan fingerprint density at radius 1 is 1.13 bits per heavy atom. The molecule has 4 saturated carbocycles. The van der Waals surface area contributed by atoms with Gasteiger partial charge in [0.2, 0.25) is 12.3 Å². The number of nitrogens with zero attached hydrogens (tertiary/aromatic N) is 1. The number of hydrogen-bond donors (Lipinski definition) is 0. The number of halogens is 1. The van der Waals surface area contributed by atoms with Gasteiger partial charge in [0.15, 0.2) is 18.2 Å². The molecule has 4 aliphatic rings. The molecule has 0 amide bonds. The maximum Gasteiger partial charge on any atom is 0.207 e. The van der Waals surface area contributed by atoms with Gasteiger partial charge in [-0.15, -0.1) is 0 Å². The van der Waals surface area contributed by atoms with Gasteiger partial charge in [-0.3, -0.25) is 9.59 Å². The highest BCUT2D eigenvalue weighted by atomic mass is 79.9. The number of ketones is 2. The fourth-order valence-corrected chi connectivity index (χ4v) is 5.61. The third-order valence-electron chi connectivity index (χ3n) is 6.22. The van der Waals surface area contributed by atoms with Crippen LogP contribution in [-0.2, 0) is 11.3 Å². The second-order valence-electron chi connectivity index (χ2n) is 7.94. The van der Waals surface area contributed by atoms with Crippen LogP contribution in [0.15, 0.2) is 24.5 Å². The predicted molar refractivity (Wildman–Crippen MR) is 82.3 cm³/mol. The SMILES string of the molecule is CC(=O)c1ccc[n+](CC(=O)C23CC4CC(CC(C4)C2)C3)c1.[Br-]. The third kappa shape index (κ3) is 3.02. The van der Waals surface area contributed by atoms with Crippen molar-refractivity contribution in [2.24, 2.45) is 23.2 Å². The smallest absolute Gasteiger partial charge is 0.207 e. The Hall–Kier alpha value is -1.03. The van der Waals surface area contributed by atoms with Gasteiger partial charge in [-0.2, -0.15) is 4.57 Å². The molecule has 0 spiro atoms. The first kappa shape index (κ1) is 16.8. The molecule has 0 saturated heterocycles. The summed E-state index contributed by atoms with van der Waals surface area (Å²) < 4.78 is 1.90. The van der Waals surface area contributed by atoms with Gasteiger partial charge < -0.3 is 17.0 Å². The normalized spacial score (nSPS) is 34.0. The van der Waals surface area contributed by atoms with Crippen molar-refractivity contribution >= 4 is 11.6 Å². The summed E-state index contributed by atoms with van der Waals surface area (Å²) in [6.45, 7) is 1.99. The number of carbonyl (C=O) groups is 2. The van der Waals surface area contributed by atoms with Gasteiger partial charge in [0, 0.05) is 11.5 Å². The molecule has 0 aliphatic heterocycles. The number of aromatic nitrogens is 1. The zero-order valence-corrected chi connectivity index (χ0v) is 15.2. The maximum atomic E-state index is 13.0. The van der Waals surface area contributed by atoms with Crippen molar-refractivity contribution in [3.8, 4) is 0 Å². The zero-order valence-electron chi connectivity index (χ0n) is 13.6. The van der Waals surface area contributed by atoms with Crippen molar-refractivity contribution in [2.45, 2.75) is 52.0 Å². The second-order valence-corrected chi connectivity index (χ2v) is 7.94. The van der Waals surface area contributed by atoms with E-state index in [0.29, 0.717) is 17.9 Å². The molecule has 0 unspecified atom stereocenters. The first-order valence-electron chi connectivity index (χ1n) is 8.57. The topological polar surface area (TPSA) is 38.0 Å². The summed E-state index contributed by atoms with van der Waals surface area (Å²) in [5.41, 5.74) is 0.634. The van der Waals surface area contributed by atoms with Gasteiger partial charge in [0.25, 0.3) is 0 Å².